The predicted octanol–water partition coefficient (Wildman–Crippen LogP) is 2.17. The van der Waals surface area contributed by atoms with Gasteiger partial charge in [-0.1, -0.05) is 18.2 Å². The molecule has 1 aliphatic rings. The Morgan fingerprint density at radius 3 is 2.48 bits per heavy atom. The van der Waals surface area contributed by atoms with E-state index in [2.05, 4.69) is 29.9 Å². The number of benzene rings is 1. The summed E-state index contributed by atoms with van der Waals surface area (Å²) in [5.41, 5.74) is 0.956. The lowest BCUT2D eigenvalue weighted by Crippen LogP contribution is -2.34. The maximum Gasteiger partial charge on any atom is 0.247 e. The van der Waals surface area contributed by atoms with Gasteiger partial charge in [0.15, 0.2) is 0 Å². The molecule has 4 rings (SSSR count). The monoisotopic (exact) mass is 310 g/mol. The van der Waals surface area contributed by atoms with Crippen molar-refractivity contribution in [2.24, 2.45) is 0 Å². The van der Waals surface area contributed by atoms with Gasteiger partial charge in [0.05, 0.1) is 6.54 Å². The number of hydrogen-bond donors (Lipinski definition) is 0. The van der Waals surface area contributed by atoms with Crippen molar-refractivity contribution in [3.8, 4) is 11.5 Å². The summed E-state index contributed by atoms with van der Waals surface area (Å²) < 4.78 is 7.88. The van der Waals surface area contributed by atoms with E-state index in [9.17, 15) is 0 Å². The number of nitrogens with zero attached hydrogens (tertiary/aromatic N) is 6. The molecule has 0 bridgehead atoms. The van der Waals surface area contributed by atoms with Crippen LogP contribution in [0.25, 0.3) is 11.5 Å². The van der Waals surface area contributed by atoms with E-state index in [1.807, 2.05) is 30.3 Å². The molecule has 3 aromatic rings. The van der Waals surface area contributed by atoms with Gasteiger partial charge in [-0.2, -0.15) is 0 Å². The Morgan fingerprint density at radius 1 is 1.00 bits per heavy atom. The zero-order valence-corrected chi connectivity index (χ0v) is 12.7. The van der Waals surface area contributed by atoms with E-state index in [1.165, 1.54) is 0 Å². The summed E-state index contributed by atoms with van der Waals surface area (Å²) in [7, 11) is 0. The Labute approximate surface area is 134 Å². The Morgan fingerprint density at radius 2 is 1.74 bits per heavy atom. The van der Waals surface area contributed by atoms with Crippen LogP contribution in [-0.2, 0) is 6.54 Å². The van der Waals surface area contributed by atoms with Crippen LogP contribution in [-0.4, -0.2) is 43.0 Å². The highest BCUT2D eigenvalue weighted by molar-refractivity contribution is 5.51. The zero-order valence-electron chi connectivity index (χ0n) is 12.7. The summed E-state index contributed by atoms with van der Waals surface area (Å²) in [6, 6.07) is 10.3. The number of rotatable bonds is 4. The molecule has 0 saturated carbocycles. The first kappa shape index (κ1) is 14.1. The van der Waals surface area contributed by atoms with Gasteiger partial charge in [-0.15, -0.1) is 20.4 Å². The third-order valence-electron chi connectivity index (χ3n) is 4.26. The van der Waals surface area contributed by atoms with Gasteiger partial charge in [-0.3, -0.25) is 4.90 Å². The van der Waals surface area contributed by atoms with Crippen molar-refractivity contribution in [2.45, 2.75) is 25.4 Å². The fourth-order valence-electron chi connectivity index (χ4n) is 2.98. The largest absolute Gasteiger partial charge is 0.419 e. The van der Waals surface area contributed by atoms with Crippen LogP contribution in [0.2, 0.25) is 0 Å². The van der Waals surface area contributed by atoms with Crippen LogP contribution in [0.15, 0.2) is 47.4 Å². The Bertz CT molecular complexity index is 731. The number of hydrogen-bond acceptors (Lipinski definition) is 6. The van der Waals surface area contributed by atoms with E-state index in [0.717, 1.165) is 31.5 Å². The van der Waals surface area contributed by atoms with Gasteiger partial charge in [0, 0.05) is 24.7 Å². The van der Waals surface area contributed by atoms with Crippen LogP contribution in [0.5, 0.6) is 0 Å². The third-order valence-corrected chi connectivity index (χ3v) is 4.26. The van der Waals surface area contributed by atoms with E-state index in [0.29, 0.717) is 24.4 Å². The third kappa shape index (κ3) is 3.14. The molecule has 2 aromatic heterocycles. The van der Waals surface area contributed by atoms with E-state index in [-0.39, 0.29) is 0 Å². The SMILES string of the molecule is c1ccc(-c2nnc(CN3CCC(n4cnnc4)CC3)o2)cc1. The molecule has 23 heavy (non-hydrogen) atoms. The number of aromatic nitrogens is 5. The Balaban J connectivity index is 1.36. The first-order chi connectivity index (χ1) is 11.4. The molecule has 0 N–H and O–H groups in total. The van der Waals surface area contributed by atoms with Gasteiger partial charge in [-0.05, 0) is 25.0 Å². The van der Waals surface area contributed by atoms with Crippen LogP contribution in [0.3, 0.4) is 0 Å². The highest BCUT2D eigenvalue weighted by Gasteiger charge is 2.22. The minimum atomic E-state index is 0.490. The molecule has 1 aromatic carbocycles. The van der Waals surface area contributed by atoms with Gasteiger partial charge in [0.25, 0.3) is 0 Å². The van der Waals surface area contributed by atoms with E-state index >= 15 is 0 Å². The molecule has 0 spiro atoms. The van der Waals surface area contributed by atoms with Crippen molar-refractivity contribution in [2.75, 3.05) is 13.1 Å². The van der Waals surface area contributed by atoms with E-state index in [4.69, 9.17) is 4.42 Å². The van der Waals surface area contributed by atoms with Gasteiger partial charge in [0.1, 0.15) is 12.7 Å². The standard InChI is InChI=1S/C16H18N6O/c1-2-4-13(5-3-1)16-20-19-15(23-16)10-21-8-6-14(7-9-21)22-11-17-18-12-22/h1-5,11-12,14H,6-10H2. The normalized spacial score (nSPS) is 16.7. The minimum absolute atomic E-state index is 0.490. The smallest absolute Gasteiger partial charge is 0.247 e. The average molecular weight is 310 g/mol. The van der Waals surface area contributed by atoms with Crippen molar-refractivity contribution in [1.29, 1.82) is 0 Å². The molecule has 1 saturated heterocycles. The molecular formula is C16H18N6O. The first-order valence-corrected chi connectivity index (χ1v) is 7.83. The first-order valence-electron chi connectivity index (χ1n) is 7.83. The van der Waals surface area contributed by atoms with Crippen molar-refractivity contribution in [3.05, 3.63) is 48.9 Å². The van der Waals surface area contributed by atoms with Crippen LogP contribution in [0.4, 0.5) is 0 Å². The average Bonchev–Trinajstić information content (AvgIpc) is 3.28. The molecule has 7 heteroatoms. The Hall–Kier alpha value is -2.54. The Kier molecular flexibility index (Phi) is 3.85. The van der Waals surface area contributed by atoms with E-state index in [1.54, 1.807) is 12.7 Å². The molecule has 0 radical (unpaired) electrons. The molecule has 7 nitrogen and oxygen atoms in total. The summed E-state index contributed by atoms with van der Waals surface area (Å²) in [5, 5.41) is 16.1. The number of likely N-dealkylation sites (tertiary alicyclic amines) is 1. The number of piperidine rings is 1. The minimum Gasteiger partial charge on any atom is -0.419 e. The summed E-state index contributed by atoms with van der Waals surface area (Å²) in [4.78, 5) is 2.35. The highest BCUT2D eigenvalue weighted by atomic mass is 16.4. The summed E-state index contributed by atoms with van der Waals surface area (Å²) in [5.74, 6) is 1.26. The predicted molar refractivity (Wildman–Crippen MR) is 83.3 cm³/mol. The molecule has 0 atom stereocenters. The molecule has 0 amide bonds. The molecule has 3 heterocycles. The second-order valence-corrected chi connectivity index (χ2v) is 5.78. The molecule has 0 unspecified atom stereocenters. The zero-order chi connectivity index (χ0) is 15.5. The molecule has 118 valence electrons. The van der Waals surface area contributed by atoms with Crippen molar-refractivity contribution in [3.63, 3.8) is 0 Å². The van der Waals surface area contributed by atoms with Crippen LogP contribution < -0.4 is 0 Å². The molecular weight excluding hydrogens is 292 g/mol. The quantitative estimate of drug-likeness (QED) is 0.735. The summed E-state index contributed by atoms with van der Waals surface area (Å²) in [6.45, 7) is 2.71. The lowest BCUT2D eigenvalue weighted by molar-refractivity contribution is 0.166. The summed E-state index contributed by atoms with van der Waals surface area (Å²) in [6.07, 6.45) is 5.75. The van der Waals surface area contributed by atoms with Gasteiger partial charge in [0.2, 0.25) is 11.8 Å². The van der Waals surface area contributed by atoms with Gasteiger partial charge >= 0.3 is 0 Å². The van der Waals surface area contributed by atoms with Crippen LogP contribution >= 0.6 is 0 Å². The topological polar surface area (TPSA) is 72.9 Å². The lowest BCUT2D eigenvalue weighted by Gasteiger charge is -2.31. The van der Waals surface area contributed by atoms with Crippen molar-refractivity contribution >= 4 is 0 Å². The van der Waals surface area contributed by atoms with Crippen molar-refractivity contribution < 1.29 is 4.42 Å². The summed E-state index contributed by atoms with van der Waals surface area (Å²) >= 11 is 0. The fourth-order valence-corrected chi connectivity index (χ4v) is 2.98. The molecule has 0 aliphatic carbocycles. The fraction of sp³-hybridized carbons (Fsp3) is 0.375. The lowest BCUT2D eigenvalue weighted by atomic mass is 10.1. The van der Waals surface area contributed by atoms with Crippen molar-refractivity contribution in [1.82, 2.24) is 29.9 Å². The van der Waals surface area contributed by atoms with E-state index < -0.39 is 0 Å². The second kappa shape index (κ2) is 6.29. The molecule has 1 aliphatic heterocycles. The van der Waals surface area contributed by atoms with Gasteiger partial charge < -0.3 is 8.98 Å². The maximum absolute atomic E-state index is 5.78. The maximum atomic E-state index is 5.78. The highest BCUT2D eigenvalue weighted by Crippen LogP contribution is 2.23. The molecule has 1 fully saturated rings. The second-order valence-electron chi connectivity index (χ2n) is 5.78. The van der Waals surface area contributed by atoms with Crippen LogP contribution in [0.1, 0.15) is 24.8 Å². The van der Waals surface area contributed by atoms with Gasteiger partial charge in [-0.25, -0.2) is 0 Å². The van der Waals surface area contributed by atoms with Crippen LogP contribution in [0, 0.1) is 0 Å².